The van der Waals surface area contributed by atoms with Gasteiger partial charge in [0.1, 0.15) is 0 Å². The summed E-state index contributed by atoms with van der Waals surface area (Å²) in [5.41, 5.74) is 1.78. The van der Waals surface area contributed by atoms with Crippen LogP contribution in [0.5, 0.6) is 0 Å². The molecule has 1 heterocycles. The molecule has 1 unspecified atom stereocenters. The molecule has 0 aliphatic rings. The van der Waals surface area contributed by atoms with Crippen LogP contribution in [0.2, 0.25) is 0 Å². The Bertz CT molecular complexity index is 560. The lowest BCUT2D eigenvalue weighted by atomic mass is 10.1. The SMILES string of the molecule is CCCC(NC(=O)c1cc(C)cc(Br)c1)c1cccs1. The lowest BCUT2D eigenvalue weighted by Crippen LogP contribution is -2.28. The van der Waals surface area contributed by atoms with Crippen LogP contribution >= 0.6 is 27.3 Å². The minimum absolute atomic E-state index is 0.0127. The van der Waals surface area contributed by atoms with Gasteiger partial charge in [-0.2, -0.15) is 0 Å². The van der Waals surface area contributed by atoms with Gasteiger partial charge in [-0.1, -0.05) is 35.3 Å². The maximum absolute atomic E-state index is 12.4. The van der Waals surface area contributed by atoms with Crippen molar-refractivity contribution < 1.29 is 4.79 Å². The molecular weight excluding hydrogens is 334 g/mol. The van der Waals surface area contributed by atoms with E-state index < -0.39 is 0 Å². The highest BCUT2D eigenvalue weighted by Gasteiger charge is 2.16. The van der Waals surface area contributed by atoms with Crippen LogP contribution in [0.1, 0.15) is 46.6 Å². The predicted octanol–water partition coefficient (Wildman–Crippen LogP) is 5.09. The third kappa shape index (κ3) is 3.93. The molecule has 1 aromatic carbocycles. The molecule has 0 bridgehead atoms. The molecule has 1 amide bonds. The summed E-state index contributed by atoms with van der Waals surface area (Å²) in [5.74, 6) is -0.0127. The fourth-order valence-electron chi connectivity index (χ4n) is 2.17. The monoisotopic (exact) mass is 351 g/mol. The quantitative estimate of drug-likeness (QED) is 0.798. The van der Waals surface area contributed by atoms with Crippen LogP contribution < -0.4 is 5.32 Å². The maximum Gasteiger partial charge on any atom is 0.251 e. The number of hydrogen-bond donors (Lipinski definition) is 1. The van der Waals surface area contributed by atoms with Crippen molar-refractivity contribution in [3.8, 4) is 0 Å². The summed E-state index contributed by atoms with van der Waals surface area (Å²) in [6.45, 7) is 4.13. The molecular formula is C16H18BrNOS. The highest BCUT2D eigenvalue weighted by molar-refractivity contribution is 9.10. The number of hydrogen-bond acceptors (Lipinski definition) is 2. The number of aryl methyl sites for hydroxylation is 1. The topological polar surface area (TPSA) is 29.1 Å². The summed E-state index contributed by atoms with van der Waals surface area (Å²) >= 11 is 5.13. The van der Waals surface area contributed by atoms with Crippen LogP contribution in [0, 0.1) is 6.92 Å². The minimum atomic E-state index is -0.0127. The molecule has 1 atom stereocenters. The Kier molecular flexibility index (Phi) is 5.38. The number of nitrogens with one attached hydrogen (secondary N) is 1. The third-order valence-electron chi connectivity index (χ3n) is 3.07. The Labute approximate surface area is 132 Å². The first-order chi connectivity index (χ1) is 9.60. The summed E-state index contributed by atoms with van der Waals surface area (Å²) in [7, 11) is 0. The van der Waals surface area contributed by atoms with Gasteiger partial charge >= 0.3 is 0 Å². The van der Waals surface area contributed by atoms with Crippen LogP contribution in [0.3, 0.4) is 0 Å². The molecule has 0 saturated heterocycles. The molecule has 2 nitrogen and oxygen atoms in total. The summed E-state index contributed by atoms with van der Waals surface area (Å²) in [5, 5.41) is 5.19. The third-order valence-corrected chi connectivity index (χ3v) is 4.52. The van der Waals surface area contributed by atoms with Gasteiger partial charge in [-0.3, -0.25) is 4.79 Å². The van der Waals surface area contributed by atoms with Gasteiger partial charge in [-0.15, -0.1) is 11.3 Å². The molecule has 4 heteroatoms. The Morgan fingerprint density at radius 2 is 2.20 bits per heavy atom. The molecule has 0 saturated carbocycles. The Balaban J connectivity index is 2.16. The van der Waals surface area contributed by atoms with E-state index >= 15 is 0 Å². The summed E-state index contributed by atoms with van der Waals surface area (Å²) in [6.07, 6.45) is 2.00. The fraction of sp³-hybridized carbons (Fsp3) is 0.312. The van der Waals surface area contributed by atoms with E-state index in [9.17, 15) is 4.79 Å². The van der Waals surface area contributed by atoms with E-state index in [1.807, 2.05) is 36.6 Å². The van der Waals surface area contributed by atoms with Gasteiger partial charge < -0.3 is 5.32 Å². The van der Waals surface area contributed by atoms with Gasteiger partial charge in [0.2, 0.25) is 0 Å². The van der Waals surface area contributed by atoms with E-state index in [2.05, 4.69) is 34.2 Å². The molecule has 0 fully saturated rings. The van der Waals surface area contributed by atoms with E-state index in [0.717, 1.165) is 22.9 Å². The largest absolute Gasteiger partial charge is 0.344 e. The van der Waals surface area contributed by atoms with Crippen molar-refractivity contribution in [1.29, 1.82) is 0 Å². The Morgan fingerprint density at radius 1 is 1.40 bits per heavy atom. The maximum atomic E-state index is 12.4. The van der Waals surface area contributed by atoms with Crippen LogP contribution in [-0.4, -0.2) is 5.91 Å². The first kappa shape index (κ1) is 15.3. The molecule has 20 heavy (non-hydrogen) atoms. The number of carbonyl (C=O) groups is 1. The van der Waals surface area contributed by atoms with Gasteiger partial charge in [0.05, 0.1) is 6.04 Å². The van der Waals surface area contributed by atoms with E-state index in [0.29, 0.717) is 5.56 Å². The first-order valence-corrected chi connectivity index (χ1v) is 8.39. The Morgan fingerprint density at radius 3 is 2.80 bits per heavy atom. The minimum Gasteiger partial charge on any atom is -0.344 e. The second-order valence-corrected chi connectivity index (χ2v) is 6.74. The van der Waals surface area contributed by atoms with Crippen LogP contribution in [-0.2, 0) is 0 Å². The molecule has 0 spiro atoms. The lowest BCUT2D eigenvalue weighted by Gasteiger charge is -2.17. The standard InChI is InChI=1S/C16H18BrNOS/c1-3-5-14(15-6-4-7-20-15)18-16(19)12-8-11(2)9-13(17)10-12/h4,6-10,14H,3,5H2,1-2H3,(H,18,19). The number of thiophene rings is 1. The van der Waals surface area contributed by atoms with Gasteiger partial charge in [0.25, 0.3) is 5.91 Å². The van der Waals surface area contributed by atoms with Crippen molar-refractivity contribution in [2.24, 2.45) is 0 Å². The fourth-order valence-corrected chi connectivity index (χ4v) is 3.59. The zero-order valence-electron chi connectivity index (χ0n) is 11.7. The van der Waals surface area contributed by atoms with Gasteiger partial charge in [-0.25, -0.2) is 0 Å². The second kappa shape index (κ2) is 7.04. The van der Waals surface area contributed by atoms with Gasteiger partial charge in [-0.05, 0) is 48.6 Å². The first-order valence-electron chi connectivity index (χ1n) is 6.71. The predicted molar refractivity (Wildman–Crippen MR) is 88.3 cm³/mol. The molecule has 0 radical (unpaired) electrons. The van der Waals surface area contributed by atoms with E-state index in [1.54, 1.807) is 11.3 Å². The molecule has 2 rings (SSSR count). The molecule has 0 aliphatic carbocycles. The van der Waals surface area contributed by atoms with Crippen molar-refractivity contribution in [2.45, 2.75) is 32.7 Å². The molecule has 1 N–H and O–H groups in total. The normalized spacial score (nSPS) is 12.2. The molecule has 1 aromatic heterocycles. The van der Waals surface area contributed by atoms with E-state index in [4.69, 9.17) is 0 Å². The number of benzene rings is 1. The average molecular weight is 352 g/mol. The van der Waals surface area contributed by atoms with Crippen molar-refractivity contribution in [3.05, 3.63) is 56.2 Å². The van der Waals surface area contributed by atoms with Crippen LogP contribution in [0.4, 0.5) is 0 Å². The molecule has 106 valence electrons. The average Bonchev–Trinajstić information content (AvgIpc) is 2.90. The number of amides is 1. The zero-order valence-corrected chi connectivity index (χ0v) is 14.1. The highest BCUT2D eigenvalue weighted by atomic mass is 79.9. The molecule has 2 aromatic rings. The smallest absolute Gasteiger partial charge is 0.251 e. The van der Waals surface area contributed by atoms with E-state index in [1.165, 1.54) is 4.88 Å². The van der Waals surface area contributed by atoms with Crippen LogP contribution in [0.25, 0.3) is 0 Å². The van der Waals surface area contributed by atoms with Crippen molar-refractivity contribution in [1.82, 2.24) is 5.32 Å². The zero-order chi connectivity index (χ0) is 14.5. The van der Waals surface area contributed by atoms with Crippen molar-refractivity contribution in [3.63, 3.8) is 0 Å². The summed E-state index contributed by atoms with van der Waals surface area (Å²) < 4.78 is 0.936. The number of carbonyl (C=O) groups excluding carboxylic acids is 1. The Hall–Kier alpha value is -1.13. The second-order valence-electron chi connectivity index (χ2n) is 4.85. The van der Waals surface area contributed by atoms with Crippen LogP contribution in [0.15, 0.2) is 40.2 Å². The summed E-state index contributed by atoms with van der Waals surface area (Å²) in [4.78, 5) is 13.6. The summed E-state index contributed by atoms with van der Waals surface area (Å²) in [6, 6.07) is 9.98. The molecule has 0 aliphatic heterocycles. The van der Waals surface area contributed by atoms with E-state index in [-0.39, 0.29) is 11.9 Å². The lowest BCUT2D eigenvalue weighted by molar-refractivity contribution is 0.0935. The van der Waals surface area contributed by atoms with Crippen molar-refractivity contribution >= 4 is 33.2 Å². The highest BCUT2D eigenvalue weighted by Crippen LogP contribution is 2.24. The number of halogens is 1. The van der Waals surface area contributed by atoms with Crippen molar-refractivity contribution in [2.75, 3.05) is 0 Å². The van der Waals surface area contributed by atoms with Gasteiger partial charge in [0.15, 0.2) is 0 Å². The number of rotatable bonds is 5. The van der Waals surface area contributed by atoms with Gasteiger partial charge in [0, 0.05) is 14.9 Å².